The standard InChI is InChI=1S/C12H12ClN3O2/c13-9-3-4-11(15-10(9)6-14)16-5-1-2-8(7-16)12(17)18/h3-4,8H,1-2,5,7H2,(H,17,18). The molecular weight excluding hydrogens is 254 g/mol. The third kappa shape index (κ3) is 2.54. The fraction of sp³-hybridized carbons (Fsp3) is 0.417. The van der Waals surface area contributed by atoms with Gasteiger partial charge in [0.1, 0.15) is 11.9 Å². The predicted molar refractivity (Wildman–Crippen MR) is 66.5 cm³/mol. The summed E-state index contributed by atoms with van der Waals surface area (Å²) in [5, 5.41) is 18.2. The van der Waals surface area contributed by atoms with E-state index in [9.17, 15) is 4.79 Å². The molecule has 0 aliphatic carbocycles. The topological polar surface area (TPSA) is 77.2 Å². The second-order valence-electron chi connectivity index (χ2n) is 4.24. The number of hydrogen-bond donors (Lipinski definition) is 1. The van der Waals surface area contributed by atoms with Crippen LogP contribution in [0.2, 0.25) is 5.02 Å². The quantitative estimate of drug-likeness (QED) is 0.884. The van der Waals surface area contributed by atoms with Crippen LogP contribution in [0.1, 0.15) is 18.5 Å². The number of nitrogens with zero attached hydrogens (tertiary/aromatic N) is 3. The summed E-state index contributed by atoms with van der Waals surface area (Å²) >= 11 is 5.82. The molecule has 1 aliphatic rings. The summed E-state index contributed by atoms with van der Waals surface area (Å²) in [4.78, 5) is 17.0. The lowest BCUT2D eigenvalue weighted by Gasteiger charge is -2.31. The van der Waals surface area contributed by atoms with Gasteiger partial charge in [0.15, 0.2) is 5.69 Å². The van der Waals surface area contributed by atoms with E-state index < -0.39 is 5.97 Å². The van der Waals surface area contributed by atoms with Gasteiger partial charge in [-0.3, -0.25) is 4.79 Å². The molecule has 1 aromatic heterocycles. The lowest BCUT2D eigenvalue weighted by Crippen LogP contribution is -2.39. The number of nitriles is 1. The Morgan fingerprint density at radius 2 is 2.39 bits per heavy atom. The van der Waals surface area contributed by atoms with E-state index in [-0.39, 0.29) is 11.6 Å². The molecule has 0 radical (unpaired) electrons. The number of pyridine rings is 1. The van der Waals surface area contributed by atoms with Crippen LogP contribution in [-0.2, 0) is 4.79 Å². The van der Waals surface area contributed by atoms with Gasteiger partial charge in [0.2, 0.25) is 0 Å². The molecule has 1 fully saturated rings. The number of carboxylic acids is 1. The second-order valence-corrected chi connectivity index (χ2v) is 4.64. The Labute approximate surface area is 110 Å². The summed E-state index contributed by atoms with van der Waals surface area (Å²) in [6.45, 7) is 1.18. The van der Waals surface area contributed by atoms with Gasteiger partial charge in [0, 0.05) is 13.1 Å². The Balaban J connectivity index is 2.21. The first kappa shape index (κ1) is 12.7. The van der Waals surface area contributed by atoms with E-state index >= 15 is 0 Å². The molecule has 0 amide bonds. The van der Waals surface area contributed by atoms with Crippen LogP contribution in [-0.4, -0.2) is 29.1 Å². The Morgan fingerprint density at radius 1 is 1.61 bits per heavy atom. The van der Waals surface area contributed by atoms with Gasteiger partial charge < -0.3 is 10.0 Å². The molecule has 1 atom stereocenters. The highest BCUT2D eigenvalue weighted by atomic mass is 35.5. The number of aliphatic carboxylic acids is 1. The number of aromatic nitrogens is 1. The van der Waals surface area contributed by atoms with Gasteiger partial charge >= 0.3 is 5.97 Å². The summed E-state index contributed by atoms with van der Waals surface area (Å²) in [6, 6.07) is 5.26. The zero-order chi connectivity index (χ0) is 13.1. The van der Waals surface area contributed by atoms with Crippen molar-refractivity contribution in [2.24, 2.45) is 5.92 Å². The van der Waals surface area contributed by atoms with E-state index in [4.69, 9.17) is 22.0 Å². The maximum Gasteiger partial charge on any atom is 0.308 e. The Bertz CT molecular complexity index is 513. The SMILES string of the molecule is N#Cc1nc(N2CCCC(C(=O)O)C2)ccc1Cl. The third-order valence-corrected chi connectivity index (χ3v) is 3.34. The first-order chi connectivity index (χ1) is 8.61. The maximum absolute atomic E-state index is 11.0. The van der Waals surface area contributed by atoms with Crippen molar-refractivity contribution in [1.82, 2.24) is 4.98 Å². The van der Waals surface area contributed by atoms with Crippen LogP contribution in [0.25, 0.3) is 0 Å². The van der Waals surface area contributed by atoms with Crippen molar-refractivity contribution in [2.75, 3.05) is 18.0 Å². The van der Waals surface area contributed by atoms with Gasteiger partial charge in [-0.25, -0.2) is 4.98 Å². The van der Waals surface area contributed by atoms with Crippen LogP contribution < -0.4 is 4.90 Å². The Morgan fingerprint density at radius 3 is 3.06 bits per heavy atom. The molecule has 18 heavy (non-hydrogen) atoms. The Kier molecular flexibility index (Phi) is 3.68. The summed E-state index contributed by atoms with van der Waals surface area (Å²) in [5.74, 6) is -0.544. The summed E-state index contributed by atoms with van der Waals surface area (Å²) < 4.78 is 0. The minimum atomic E-state index is -0.783. The number of carboxylic acid groups (broad SMARTS) is 1. The van der Waals surface area contributed by atoms with Crippen molar-refractivity contribution in [3.05, 3.63) is 22.8 Å². The number of halogens is 1. The minimum Gasteiger partial charge on any atom is -0.481 e. The average molecular weight is 266 g/mol. The van der Waals surface area contributed by atoms with Gasteiger partial charge in [-0.05, 0) is 25.0 Å². The molecule has 1 N–H and O–H groups in total. The highest BCUT2D eigenvalue weighted by Crippen LogP contribution is 2.24. The molecule has 2 rings (SSSR count). The van der Waals surface area contributed by atoms with Gasteiger partial charge in [-0.1, -0.05) is 11.6 Å². The lowest BCUT2D eigenvalue weighted by atomic mass is 9.98. The zero-order valence-electron chi connectivity index (χ0n) is 9.64. The average Bonchev–Trinajstić information content (AvgIpc) is 2.39. The summed E-state index contributed by atoms with van der Waals surface area (Å²) in [7, 11) is 0. The second kappa shape index (κ2) is 5.23. The van der Waals surface area contributed by atoms with Crippen LogP contribution in [0.15, 0.2) is 12.1 Å². The van der Waals surface area contributed by atoms with Gasteiger partial charge in [0.05, 0.1) is 10.9 Å². The van der Waals surface area contributed by atoms with E-state index in [1.165, 1.54) is 0 Å². The van der Waals surface area contributed by atoms with E-state index in [1.807, 2.05) is 11.0 Å². The van der Waals surface area contributed by atoms with Crippen LogP contribution in [0.4, 0.5) is 5.82 Å². The fourth-order valence-electron chi connectivity index (χ4n) is 2.07. The molecule has 6 heteroatoms. The van der Waals surface area contributed by atoms with E-state index in [0.29, 0.717) is 23.8 Å². The van der Waals surface area contributed by atoms with Crippen molar-refractivity contribution in [2.45, 2.75) is 12.8 Å². The van der Waals surface area contributed by atoms with Crippen LogP contribution >= 0.6 is 11.6 Å². The number of piperidine rings is 1. The minimum absolute atomic E-state index is 0.173. The van der Waals surface area contributed by atoms with Crippen molar-refractivity contribution in [1.29, 1.82) is 5.26 Å². The largest absolute Gasteiger partial charge is 0.481 e. The zero-order valence-corrected chi connectivity index (χ0v) is 10.4. The molecule has 2 heterocycles. The molecule has 0 saturated carbocycles. The van der Waals surface area contributed by atoms with Gasteiger partial charge in [-0.2, -0.15) is 5.26 Å². The molecule has 1 aromatic rings. The maximum atomic E-state index is 11.0. The smallest absolute Gasteiger partial charge is 0.308 e. The molecular formula is C12H12ClN3O2. The molecule has 0 spiro atoms. The van der Waals surface area contributed by atoms with Crippen LogP contribution in [0.3, 0.4) is 0 Å². The first-order valence-electron chi connectivity index (χ1n) is 5.66. The molecule has 1 saturated heterocycles. The van der Waals surface area contributed by atoms with E-state index in [2.05, 4.69) is 4.98 Å². The van der Waals surface area contributed by atoms with Crippen molar-refractivity contribution >= 4 is 23.4 Å². The summed E-state index contributed by atoms with van der Waals surface area (Å²) in [5.41, 5.74) is 0.173. The first-order valence-corrected chi connectivity index (χ1v) is 6.04. The van der Waals surface area contributed by atoms with Crippen molar-refractivity contribution in [3.8, 4) is 6.07 Å². The molecule has 0 aromatic carbocycles. The number of anilines is 1. The van der Waals surface area contributed by atoms with E-state index in [1.54, 1.807) is 12.1 Å². The van der Waals surface area contributed by atoms with Crippen LogP contribution in [0, 0.1) is 17.2 Å². The highest BCUT2D eigenvalue weighted by Gasteiger charge is 2.26. The lowest BCUT2D eigenvalue weighted by molar-refractivity contribution is -0.141. The van der Waals surface area contributed by atoms with Crippen molar-refractivity contribution in [3.63, 3.8) is 0 Å². The number of rotatable bonds is 2. The Hall–Kier alpha value is -1.80. The molecule has 5 nitrogen and oxygen atoms in total. The predicted octanol–water partition coefficient (Wildman–Crippen LogP) is 1.91. The van der Waals surface area contributed by atoms with Crippen LogP contribution in [0.5, 0.6) is 0 Å². The van der Waals surface area contributed by atoms with E-state index in [0.717, 1.165) is 13.0 Å². The number of carbonyl (C=O) groups is 1. The molecule has 1 unspecified atom stereocenters. The molecule has 0 bridgehead atoms. The number of hydrogen-bond acceptors (Lipinski definition) is 4. The molecule has 94 valence electrons. The monoisotopic (exact) mass is 265 g/mol. The van der Waals surface area contributed by atoms with Gasteiger partial charge in [-0.15, -0.1) is 0 Å². The van der Waals surface area contributed by atoms with Crippen molar-refractivity contribution < 1.29 is 9.90 Å². The highest BCUT2D eigenvalue weighted by molar-refractivity contribution is 6.31. The summed E-state index contributed by atoms with van der Waals surface area (Å²) in [6.07, 6.45) is 1.49. The van der Waals surface area contributed by atoms with Gasteiger partial charge in [0.25, 0.3) is 0 Å². The normalized spacial score (nSPS) is 19.3. The third-order valence-electron chi connectivity index (χ3n) is 3.03. The fourth-order valence-corrected chi connectivity index (χ4v) is 2.22. The molecule has 1 aliphatic heterocycles.